The Kier molecular flexibility index (Phi) is 7.19. The number of carbonyl (C=O) groups is 1. The lowest BCUT2D eigenvalue weighted by Gasteiger charge is -2.14. The average Bonchev–Trinajstić information content (AvgIpc) is 2.58. The van der Waals surface area contributed by atoms with Crippen LogP contribution in [0.25, 0.3) is 0 Å². The van der Waals surface area contributed by atoms with E-state index in [1.54, 1.807) is 6.07 Å². The van der Waals surface area contributed by atoms with Crippen molar-refractivity contribution in [2.75, 3.05) is 5.32 Å². The molecule has 6 heteroatoms. The third kappa shape index (κ3) is 5.97. The number of halogens is 1. The number of ether oxygens (including phenoxy) is 1. The van der Waals surface area contributed by atoms with Crippen molar-refractivity contribution in [1.29, 1.82) is 0 Å². The first-order chi connectivity index (χ1) is 11.9. The number of rotatable bonds is 5. The van der Waals surface area contributed by atoms with Gasteiger partial charge in [-0.3, -0.25) is 10.1 Å². The first kappa shape index (κ1) is 19.7. The van der Waals surface area contributed by atoms with Gasteiger partial charge >= 0.3 is 0 Å². The number of carbonyl (C=O) groups excluding carboxylic acids is 1. The van der Waals surface area contributed by atoms with Gasteiger partial charge in [-0.25, -0.2) is 0 Å². The zero-order chi connectivity index (χ0) is 18.4. The fourth-order valence-electron chi connectivity index (χ4n) is 2.00. The Morgan fingerprint density at radius 1 is 1.24 bits per heavy atom. The average molecular weight is 468 g/mol. The van der Waals surface area contributed by atoms with Gasteiger partial charge in [-0.05, 0) is 97.0 Å². The molecule has 1 amide bonds. The summed E-state index contributed by atoms with van der Waals surface area (Å²) in [7, 11) is 0. The number of aryl methyl sites for hydroxylation is 1. The maximum Gasteiger partial charge on any atom is 0.257 e. The number of thiocarbonyl (C=S) groups is 1. The van der Waals surface area contributed by atoms with Crippen LogP contribution in [0.3, 0.4) is 0 Å². The summed E-state index contributed by atoms with van der Waals surface area (Å²) in [6, 6.07) is 13.0. The van der Waals surface area contributed by atoms with Gasteiger partial charge in [0.25, 0.3) is 5.91 Å². The molecule has 0 aromatic heterocycles. The second-order valence-corrected chi connectivity index (χ2v) is 7.30. The summed E-state index contributed by atoms with van der Waals surface area (Å²) in [6.07, 6.45) is 1.13. The molecule has 2 rings (SSSR count). The van der Waals surface area contributed by atoms with E-state index in [0.29, 0.717) is 5.56 Å². The molecule has 0 bridgehead atoms. The van der Waals surface area contributed by atoms with Gasteiger partial charge in [0, 0.05) is 14.8 Å². The highest BCUT2D eigenvalue weighted by atomic mass is 127. The highest BCUT2D eigenvalue weighted by Gasteiger charge is 2.09. The van der Waals surface area contributed by atoms with Crippen LogP contribution in [0, 0.1) is 10.5 Å². The summed E-state index contributed by atoms with van der Waals surface area (Å²) in [5.74, 6) is 0.580. The Balaban J connectivity index is 1.93. The molecule has 1 unspecified atom stereocenters. The van der Waals surface area contributed by atoms with Crippen molar-refractivity contribution in [2.24, 2.45) is 0 Å². The van der Waals surface area contributed by atoms with E-state index in [9.17, 15) is 4.79 Å². The van der Waals surface area contributed by atoms with Gasteiger partial charge in [0.05, 0.1) is 6.10 Å². The maximum absolute atomic E-state index is 12.3. The predicted octanol–water partition coefficient (Wildman–Crippen LogP) is 4.90. The zero-order valence-corrected chi connectivity index (χ0v) is 17.4. The molecule has 0 fully saturated rings. The van der Waals surface area contributed by atoms with Gasteiger partial charge in [-0.1, -0.05) is 13.0 Å². The van der Waals surface area contributed by atoms with Gasteiger partial charge in [0.1, 0.15) is 5.75 Å². The van der Waals surface area contributed by atoms with Crippen LogP contribution in [-0.4, -0.2) is 17.1 Å². The van der Waals surface area contributed by atoms with Crippen molar-refractivity contribution < 1.29 is 9.53 Å². The summed E-state index contributed by atoms with van der Waals surface area (Å²) in [4.78, 5) is 12.3. The lowest BCUT2D eigenvalue weighted by atomic mass is 10.1. The quantitative estimate of drug-likeness (QED) is 0.484. The fraction of sp³-hybridized carbons (Fsp3) is 0.263. The molecule has 0 aliphatic carbocycles. The molecule has 2 N–H and O–H groups in total. The lowest BCUT2D eigenvalue weighted by molar-refractivity contribution is 0.0977. The Morgan fingerprint density at radius 3 is 2.52 bits per heavy atom. The summed E-state index contributed by atoms with van der Waals surface area (Å²) in [5, 5.41) is 5.96. The van der Waals surface area contributed by atoms with Gasteiger partial charge in [0.15, 0.2) is 5.11 Å². The fourth-order valence-corrected chi connectivity index (χ4v) is 2.73. The van der Waals surface area contributed by atoms with Gasteiger partial charge in [0.2, 0.25) is 0 Å². The molecule has 132 valence electrons. The van der Waals surface area contributed by atoms with Crippen LogP contribution in [-0.2, 0) is 0 Å². The Morgan fingerprint density at radius 2 is 1.92 bits per heavy atom. The van der Waals surface area contributed by atoms with Crippen molar-refractivity contribution in [1.82, 2.24) is 5.32 Å². The smallest absolute Gasteiger partial charge is 0.257 e. The minimum Gasteiger partial charge on any atom is -0.491 e. The number of anilines is 1. The van der Waals surface area contributed by atoms with E-state index in [0.717, 1.165) is 27.0 Å². The molecular formula is C19H21IN2O2S. The highest BCUT2D eigenvalue weighted by Crippen LogP contribution is 2.18. The summed E-state index contributed by atoms with van der Waals surface area (Å²) in [6.45, 7) is 6.12. The molecule has 0 heterocycles. The molecule has 0 aliphatic rings. The molecule has 0 spiro atoms. The second-order valence-electron chi connectivity index (χ2n) is 5.73. The van der Waals surface area contributed by atoms with Crippen LogP contribution >= 0.6 is 34.8 Å². The number of hydrogen-bond acceptors (Lipinski definition) is 3. The minimum absolute atomic E-state index is 0.177. The SMILES string of the molecule is CCC(C)Oc1ccc(NC(=S)NC(=O)c2ccc(C)c(I)c2)cc1. The van der Waals surface area contributed by atoms with Crippen molar-refractivity contribution in [3.05, 3.63) is 57.2 Å². The van der Waals surface area contributed by atoms with E-state index >= 15 is 0 Å². The Labute approximate surface area is 167 Å². The van der Waals surface area contributed by atoms with E-state index < -0.39 is 0 Å². The first-order valence-corrected chi connectivity index (χ1v) is 9.53. The van der Waals surface area contributed by atoms with Gasteiger partial charge < -0.3 is 10.1 Å². The molecule has 2 aromatic carbocycles. The summed E-state index contributed by atoms with van der Waals surface area (Å²) >= 11 is 7.43. The largest absolute Gasteiger partial charge is 0.491 e. The van der Waals surface area contributed by atoms with Crippen molar-refractivity contribution in [2.45, 2.75) is 33.3 Å². The van der Waals surface area contributed by atoms with Crippen molar-refractivity contribution in [3.63, 3.8) is 0 Å². The summed E-state index contributed by atoms with van der Waals surface area (Å²) in [5.41, 5.74) is 2.51. The van der Waals surface area contributed by atoms with Gasteiger partial charge in [-0.2, -0.15) is 0 Å². The zero-order valence-electron chi connectivity index (χ0n) is 14.4. The van der Waals surface area contributed by atoms with E-state index in [1.165, 1.54) is 0 Å². The topological polar surface area (TPSA) is 50.4 Å². The van der Waals surface area contributed by atoms with E-state index in [4.69, 9.17) is 17.0 Å². The van der Waals surface area contributed by atoms with Crippen LogP contribution in [0.5, 0.6) is 5.75 Å². The number of hydrogen-bond donors (Lipinski definition) is 2. The lowest BCUT2D eigenvalue weighted by Crippen LogP contribution is -2.34. The van der Waals surface area contributed by atoms with Crippen LogP contribution in [0.2, 0.25) is 0 Å². The van der Waals surface area contributed by atoms with E-state index in [-0.39, 0.29) is 17.1 Å². The van der Waals surface area contributed by atoms with Crippen LogP contribution in [0.1, 0.15) is 36.2 Å². The second kappa shape index (κ2) is 9.15. The third-order valence-corrected chi connectivity index (χ3v) is 5.05. The molecule has 25 heavy (non-hydrogen) atoms. The summed E-state index contributed by atoms with van der Waals surface area (Å²) < 4.78 is 6.78. The van der Waals surface area contributed by atoms with Gasteiger partial charge in [-0.15, -0.1) is 0 Å². The standard InChI is InChI=1S/C19H21IN2O2S/c1-4-13(3)24-16-9-7-15(8-10-16)21-19(25)22-18(23)14-6-5-12(2)17(20)11-14/h5-11,13H,4H2,1-3H3,(H2,21,22,23,25). The molecule has 0 saturated carbocycles. The minimum atomic E-state index is -0.229. The van der Waals surface area contributed by atoms with E-state index in [1.807, 2.05) is 50.2 Å². The number of nitrogens with one attached hydrogen (secondary N) is 2. The number of benzene rings is 2. The molecular weight excluding hydrogens is 447 g/mol. The molecule has 0 aliphatic heterocycles. The maximum atomic E-state index is 12.3. The monoisotopic (exact) mass is 468 g/mol. The van der Waals surface area contributed by atoms with Crippen LogP contribution in [0.15, 0.2) is 42.5 Å². The Hall–Kier alpha value is -1.67. The highest BCUT2D eigenvalue weighted by molar-refractivity contribution is 14.1. The van der Waals surface area contributed by atoms with Crippen LogP contribution < -0.4 is 15.4 Å². The van der Waals surface area contributed by atoms with E-state index in [2.05, 4.69) is 40.1 Å². The molecule has 4 nitrogen and oxygen atoms in total. The third-order valence-electron chi connectivity index (χ3n) is 3.69. The molecule has 0 radical (unpaired) electrons. The van der Waals surface area contributed by atoms with Crippen molar-refractivity contribution >= 4 is 51.5 Å². The predicted molar refractivity (Wildman–Crippen MR) is 114 cm³/mol. The normalized spacial score (nSPS) is 11.5. The molecule has 1 atom stereocenters. The molecule has 0 saturated heterocycles. The number of amides is 1. The van der Waals surface area contributed by atoms with Crippen LogP contribution in [0.4, 0.5) is 5.69 Å². The molecule has 2 aromatic rings. The van der Waals surface area contributed by atoms with Crippen molar-refractivity contribution in [3.8, 4) is 5.75 Å². The first-order valence-electron chi connectivity index (χ1n) is 8.04. The Bertz CT molecular complexity index is 763.